The van der Waals surface area contributed by atoms with Gasteiger partial charge in [0.25, 0.3) is 0 Å². The molecule has 0 aliphatic carbocycles. The Kier molecular flexibility index (Phi) is 6.43. The molecule has 1 amide bonds. The van der Waals surface area contributed by atoms with E-state index < -0.39 is 11.9 Å². The van der Waals surface area contributed by atoms with Gasteiger partial charge in [-0.05, 0) is 25.5 Å². The number of aryl methyl sites for hydroxylation is 1. The molecule has 1 saturated heterocycles. The first-order valence-corrected chi connectivity index (χ1v) is 8.56. The predicted molar refractivity (Wildman–Crippen MR) is 90.3 cm³/mol. The van der Waals surface area contributed by atoms with E-state index in [-0.39, 0.29) is 31.4 Å². The summed E-state index contributed by atoms with van der Waals surface area (Å²) in [5.74, 6) is -0.779. The van der Waals surface area contributed by atoms with Crippen molar-refractivity contribution in [3.8, 4) is 0 Å². The SMILES string of the molecule is CCOC(=O)/C=C1\SCC(=O)N1CCOC(=O)c1ccccc1C. The minimum Gasteiger partial charge on any atom is -0.463 e. The van der Waals surface area contributed by atoms with Gasteiger partial charge in [-0.2, -0.15) is 0 Å². The van der Waals surface area contributed by atoms with Gasteiger partial charge in [0.15, 0.2) is 0 Å². The third kappa shape index (κ3) is 4.61. The van der Waals surface area contributed by atoms with Gasteiger partial charge in [0, 0.05) is 0 Å². The fraction of sp³-hybridized carbons (Fsp3) is 0.353. The summed E-state index contributed by atoms with van der Waals surface area (Å²) in [4.78, 5) is 36.9. The average Bonchev–Trinajstić information content (AvgIpc) is 2.88. The second-order valence-electron chi connectivity index (χ2n) is 5.02. The lowest BCUT2D eigenvalue weighted by molar-refractivity contribution is -0.137. The first-order chi connectivity index (χ1) is 11.5. The van der Waals surface area contributed by atoms with E-state index in [9.17, 15) is 14.4 Å². The van der Waals surface area contributed by atoms with Crippen LogP contribution in [0.4, 0.5) is 0 Å². The van der Waals surface area contributed by atoms with Crippen molar-refractivity contribution in [2.45, 2.75) is 13.8 Å². The number of amides is 1. The minimum atomic E-state index is -0.489. The smallest absolute Gasteiger partial charge is 0.338 e. The van der Waals surface area contributed by atoms with Gasteiger partial charge in [-0.1, -0.05) is 30.0 Å². The van der Waals surface area contributed by atoms with Crippen LogP contribution < -0.4 is 0 Å². The van der Waals surface area contributed by atoms with Gasteiger partial charge >= 0.3 is 11.9 Å². The number of hydrogen-bond donors (Lipinski definition) is 0. The van der Waals surface area contributed by atoms with Crippen molar-refractivity contribution in [2.75, 3.05) is 25.5 Å². The minimum absolute atomic E-state index is 0.0552. The molecule has 0 bridgehead atoms. The summed E-state index contributed by atoms with van der Waals surface area (Å²) in [5.41, 5.74) is 1.33. The van der Waals surface area contributed by atoms with Crippen LogP contribution in [0.5, 0.6) is 0 Å². The van der Waals surface area contributed by atoms with E-state index in [1.54, 1.807) is 19.1 Å². The van der Waals surface area contributed by atoms with E-state index in [1.165, 1.54) is 22.7 Å². The van der Waals surface area contributed by atoms with E-state index in [1.807, 2.05) is 19.1 Å². The molecule has 1 heterocycles. The first-order valence-electron chi connectivity index (χ1n) is 7.57. The Labute approximate surface area is 144 Å². The van der Waals surface area contributed by atoms with Crippen molar-refractivity contribution >= 4 is 29.6 Å². The zero-order valence-corrected chi connectivity index (χ0v) is 14.4. The molecule has 0 spiro atoms. The molecule has 0 N–H and O–H groups in total. The summed E-state index contributed by atoms with van der Waals surface area (Å²) in [7, 11) is 0. The Morgan fingerprint density at radius 1 is 1.29 bits per heavy atom. The molecule has 1 aliphatic heterocycles. The van der Waals surface area contributed by atoms with Crippen molar-refractivity contribution in [1.29, 1.82) is 0 Å². The lowest BCUT2D eigenvalue weighted by atomic mass is 10.1. The van der Waals surface area contributed by atoms with Crippen molar-refractivity contribution < 1.29 is 23.9 Å². The maximum Gasteiger partial charge on any atom is 0.338 e. The molecule has 0 atom stereocenters. The highest BCUT2D eigenvalue weighted by atomic mass is 32.2. The molecule has 1 aliphatic rings. The molecule has 2 rings (SSSR count). The van der Waals surface area contributed by atoms with Gasteiger partial charge in [-0.25, -0.2) is 9.59 Å². The third-order valence-electron chi connectivity index (χ3n) is 3.35. The zero-order chi connectivity index (χ0) is 17.5. The number of nitrogens with zero attached hydrogens (tertiary/aromatic N) is 1. The van der Waals surface area contributed by atoms with Crippen molar-refractivity contribution in [3.63, 3.8) is 0 Å². The number of ether oxygens (including phenoxy) is 2. The zero-order valence-electron chi connectivity index (χ0n) is 13.6. The summed E-state index contributed by atoms with van der Waals surface area (Å²) in [6.07, 6.45) is 1.29. The Morgan fingerprint density at radius 2 is 2.04 bits per heavy atom. The van der Waals surface area contributed by atoms with Crippen LogP contribution in [-0.2, 0) is 19.1 Å². The van der Waals surface area contributed by atoms with Gasteiger partial charge in [-0.3, -0.25) is 4.79 Å². The Bertz CT molecular complexity index is 671. The Hall–Kier alpha value is -2.28. The number of benzene rings is 1. The predicted octanol–water partition coefficient (Wildman–Crippen LogP) is 2.13. The second-order valence-corrected chi connectivity index (χ2v) is 6.02. The Balaban J connectivity index is 1.92. The number of esters is 2. The molecule has 0 radical (unpaired) electrons. The molecule has 1 fully saturated rings. The third-order valence-corrected chi connectivity index (χ3v) is 4.38. The van der Waals surface area contributed by atoms with Crippen LogP contribution in [0.25, 0.3) is 0 Å². The van der Waals surface area contributed by atoms with Crippen LogP contribution in [0.15, 0.2) is 35.4 Å². The van der Waals surface area contributed by atoms with Gasteiger partial charge in [0.1, 0.15) is 6.61 Å². The van der Waals surface area contributed by atoms with Crippen LogP contribution >= 0.6 is 11.8 Å². The van der Waals surface area contributed by atoms with E-state index in [2.05, 4.69) is 0 Å². The maximum atomic E-state index is 12.0. The van der Waals surface area contributed by atoms with Gasteiger partial charge < -0.3 is 14.4 Å². The van der Waals surface area contributed by atoms with E-state index in [0.29, 0.717) is 10.6 Å². The lowest BCUT2D eigenvalue weighted by Gasteiger charge is -2.17. The normalized spacial score (nSPS) is 15.7. The summed E-state index contributed by atoms with van der Waals surface area (Å²) < 4.78 is 10.1. The van der Waals surface area contributed by atoms with Crippen molar-refractivity contribution in [2.24, 2.45) is 0 Å². The number of hydrogen-bond acceptors (Lipinski definition) is 6. The van der Waals surface area contributed by atoms with Crippen LogP contribution in [-0.4, -0.2) is 48.3 Å². The molecular formula is C17H19NO5S. The van der Waals surface area contributed by atoms with E-state index in [4.69, 9.17) is 9.47 Å². The number of carbonyl (C=O) groups is 3. The number of thioether (sulfide) groups is 1. The maximum absolute atomic E-state index is 12.0. The monoisotopic (exact) mass is 349 g/mol. The summed E-state index contributed by atoms with van der Waals surface area (Å²) in [5, 5.41) is 0.519. The highest BCUT2D eigenvalue weighted by Crippen LogP contribution is 2.28. The van der Waals surface area contributed by atoms with Gasteiger partial charge in [0.2, 0.25) is 5.91 Å². The molecule has 7 heteroatoms. The highest BCUT2D eigenvalue weighted by Gasteiger charge is 2.27. The average molecular weight is 349 g/mol. The Morgan fingerprint density at radius 3 is 2.75 bits per heavy atom. The lowest BCUT2D eigenvalue weighted by Crippen LogP contribution is -2.29. The fourth-order valence-corrected chi connectivity index (χ4v) is 3.12. The standard InChI is InChI=1S/C17H19NO5S/c1-3-22-16(20)10-15-18(14(19)11-24-15)8-9-23-17(21)13-7-5-4-6-12(13)2/h4-7,10H,3,8-9,11H2,1-2H3/b15-10-. The molecule has 0 aromatic heterocycles. The fourth-order valence-electron chi connectivity index (χ4n) is 2.16. The first kappa shape index (κ1) is 18.1. The molecule has 1 aromatic carbocycles. The largest absolute Gasteiger partial charge is 0.463 e. The quantitative estimate of drug-likeness (QED) is 0.579. The van der Waals surface area contributed by atoms with Crippen molar-refractivity contribution in [3.05, 3.63) is 46.5 Å². The van der Waals surface area contributed by atoms with E-state index in [0.717, 1.165) is 5.56 Å². The van der Waals surface area contributed by atoms with Crippen LogP contribution in [0.3, 0.4) is 0 Å². The summed E-state index contributed by atoms with van der Waals surface area (Å²) in [6, 6.07) is 7.14. The number of rotatable bonds is 6. The van der Waals surface area contributed by atoms with E-state index >= 15 is 0 Å². The molecule has 0 saturated carbocycles. The topological polar surface area (TPSA) is 72.9 Å². The highest BCUT2D eigenvalue weighted by molar-refractivity contribution is 8.04. The number of carbonyl (C=O) groups excluding carboxylic acids is 3. The molecular weight excluding hydrogens is 330 g/mol. The molecule has 1 aromatic rings. The van der Waals surface area contributed by atoms with Gasteiger partial charge in [0.05, 0.1) is 35.6 Å². The summed E-state index contributed by atoms with van der Waals surface area (Å²) >= 11 is 1.27. The van der Waals surface area contributed by atoms with Gasteiger partial charge in [-0.15, -0.1) is 0 Å². The second kappa shape index (κ2) is 8.54. The molecule has 0 unspecified atom stereocenters. The van der Waals surface area contributed by atoms with Crippen molar-refractivity contribution in [1.82, 2.24) is 4.90 Å². The summed E-state index contributed by atoms with van der Waals surface area (Å²) in [6.45, 7) is 4.08. The van der Waals surface area contributed by atoms with Crippen LogP contribution in [0, 0.1) is 6.92 Å². The van der Waals surface area contributed by atoms with Crippen LogP contribution in [0.1, 0.15) is 22.8 Å². The molecule has 128 valence electrons. The van der Waals surface area contributed by atoms with Crippen LogP contribution in [0.2, 0.25) is 0 Å². The molecule has 24 heavy (non-hydrogen) atoms. The molecule has 6 nitrogen and oxygen atoms in total.